The van der Waals surface area contributed by atoms with Gasteiger partial charge in [0.05, 0.1) is 17.3 Å². The molecule has 3 nitrogen and oxygen atoms in total. The Morgan fingerprint density at radius 2 is 2.10 bits per heavy atom. The van der Waals surface area contributed by atoms with Crippen molar-refractivity contribution in [2.75, 3.05) is 6.61 Å². The lowest BCUT2D eigenvalue weighted by molar-refractivity contribution is 0.319. The maximum absolute atomic E-state index is 5.85. The molecule has 0 radical (unpaired) electrons. The van der Waals surface area contributed by atoms with Gasteiger partial charge in [-0.2, -0.15) is 0 Å². The minimum Gasteiger partial charge on any atom is -0.493 e. The maximum atomic E-state index is 5.85. The molecule has 1 N–H and O–H groups in total. The monoisotopic (exact) mass is 304 g/mol. The van der Waals surface area contributed by atoms with Crippen molar-refractivity contribution in [2.45, 2.75) is 46.7 Å². The van der Waals surface area contributed by atoms with Gasteiger partial charge in [0.2, 0.25) is 0 Å². The quantitative estimate of drug-likeness (QED) is 0.843. The van der Waals surface area contributed by atoms with Gasteiger partial charge in [-0.25, -0.2) is 4.98 Å². The third kappa shape index (κ3) is 5.14. The van der Waals surface area contributed by atoms with Crippen molar-refractivity contribution in [1.82, 2.24) is 10.3 Å². The smallest absolute Gasteiger partial charge is 0.122 e. The average Bonchev–Trinajstić information content (AvgIpc) is 2.87. The Hall–Kier alpha value is -1.39. The molecule has 0 bridgehead atoms. The third-order valence-electron chi connectivity index (χ3n) is 3.19. The molecular formula is C17H24N2OS. The maximum Gasteiger partial charge on any atom is 0.122 e. The number of hydrogen-bond donors (Lipinski definition) is 1. The summed E-state index contributed by atoms with van der Waals surface area (Å²) in [5.74, 6) is 0.971. The summed E-state index contributed by atoms with van der Waals surface area (Å²) in [4.78, 5) is 4.63. The zero-order chi connectivity index (χ0) is 15.2. The van der Waals surface area contributed by atoms with Crippen molar-refractivity contribution >= 4 is 11.3 Å². The van der Waals surface area contributed by atoms with E-state index < -0.39 is 0 Å². The van der Waals surface area contributed by atoms with Crippen molar-refractivity contribution in [2.24, 2.45) is 0 Å². The van der Waals surface area contributed by atoms with Crippen LogP contribution in [0.2, 0.25) is 0 Å². The molecule has 2 aromatic rings. The number of nitrogens with zero attached hydrogens (tertiary/aromatic N) is 1. The van der Waals surface area contributed by atoms with Crippen LogP contribution in [0.3, 0.4) is 0 Å². The normalized spacial score (nSPS) is 11.1. The van der Waals surface area contributed by atoms with E-state index in [2.05, 4.69) is 55.5 Å². The largest absolute Gasteiger partial charge is 0.493 e. The van der Waals surface area contributed by atoms with E-state index in [9.17, 15) is 0 Å². The van der Waals surface area contributed by atoms with E-state index >= 15 is 0 Å². The summed E-state index contributed by atoms with van der Waals surface area (Å²) in [6.45, 7) is 9.98. The Kier molecular flexibility index (Phi) is 5.76. The molecule has 0 saturated heterocycles. The fraction of sp³-hybridized carbons (Fsp3) is 0.471. The number of thiazole rings is 1. The van der Waals surface area contributed by atoms with Crippen molar-refractivity contribution in [3.63, 3.8) is 0 Å². The standard InChI is InChI=1S/C17H24N2OS/c1-12(2)18-10-15-11-21-17(19-15)7-8-20-16-6-5-13(3)9-14(16)4/h5-6,9,11-12,18H,7-8,10H2,1-4H3. The highest BCUT2D eigenvalue weighted by Crippen LogP contribution is 2.19. The summed E-state index contributed by atoms with van der Waals surface area (Å²) < 4.78 is 5.85. The molecule has 1 heterocycles. The molecule has 0 aliphatic heterocycles. The topological polar surface area (TPSA) is 34.1 Å². The molecule has 0 atom stereocenters. The van der Waals surface area contributed by atoms with E-state index in [0.717, 1.165) is 29.4 Å². The molecule has 4 heteroatoms. The zero-order valence-electron chi connectivity index (χ0n) is 13.3. The molecule has 1 aromatic carbocycles. The fourth-order valence-corrected chi connectivity index (χ4v) is 2.84. The summed E-state index contributed by atoms with van der Waals surface area (Å²) >= 11 is 1.71. The predicted molar refractivity (Wildman–Crippen MR) is 89.2 cm³/mol. The number of rotatable bonds is 7. The number of nitrogens with one attached hydrogen (secondary N) is 1. The van der Waals surface area contributed by atoms with Crippen molar-refractivity contribution in [3.8, 4) is 5.75 Å². The van der Waals surface area contributed by atoms with E-state index in [0.29, 0.717) is 12.6 Å². The van der Waals surface area contributed by atoms with E-state index in [4.69, 9.17) is 4.74 Å². The summed E-state index contributed by atoms with van der Waals surface area (Å²) in [6.07, 6.45) is 0.861. The highest BCUT2D eigenvalue weighted by atomic mass is 32.1. The second-order valence-electron chi connectivity index (χ2n) is 5.64. The molecule has 21 heavy (non-hydrogen) atoms. The van der Waals surface area contributed by atoms with Crippen LogP contribution in [0.5, 0.6) is 5.75 Å². The average molecular weight is 304 g/mol. The van der Waals surface area contributed by atoms with Crippen LogP contribution >= 0.6 is 11.3 Å². The van der Waals surface area contributed by atoms with Gasteiger partial charge >= 0.3 is 0 Å². The predicted octanol–water partition coefficient (Wildman–Crippen LogP) is 3.88. The lowest BCUT2D eigenvalue weighted by Crippen LogP contribution is -2.21. The Morgan fingerprint density at radius 1 is 1.29 bits per heavy atom. The Labute approximate surface area is 131 Å². The molecule has 0 amide bonds. The van der Waals surface area contributed by atoms with Crippen molar-refractivity contribution in [1.29, 1.82) is 0 Å². The molecule has 0 unspecified atom stereocenters. The summed E-state index contributed by atoms with van der Waals surface area (Å²) in [5.41, 5.74) is 3.58. The van der Waals surface area contributed by atoms with E-state index in [1.54, 1.807) is 11.3 Å². The molecule has 2 rings (SSSR count). The first kappa shape index (κ1) is 16.0. The number of aryl methyl sites for hydroxylation is 2. The number of ether oxygens (including phenoxy) is 1. The van der Waals surface area contributed by atoms with Gasteiger partial charge in [0.1, 0.15) is 5.75 Å². The number of benzene rings is 1. The Morgan fingerprint density at radius 3 is 2.81 bits per heavy atom. The summed E-state index contributed by atoms with van der Waals surface area (Å²) in [6, 6.07) is 6.77. The van der Waals surface area contributed by atoms with Crippen LogP contribution in [-0.2, 0) is 13.0 Å². The van der Waals surface area contributed by atoms with Crippen molar-refractivity contribution in [3.05, 3.63) is 45.4 Å². The van der Waals surface area contributed by atoms with Gasteiger partial charge in [0.25, 0.3) is 0 Å². The van der Waals surface area contributed by atoms with Gasteiger partial charge < -0.3 is 10.1 Å². The van der Waals surface area contributed by atoms with Gasteiger partial charge in [-0.05, 0) is 25.5 Å². The van der Waals surface area contributed by atoms with Gasteiger partial charge in [0, 0.05) is 24.4 Å². The van der Waals surface area contributed by atoms with E-state index in [-0.39, 0.29) is 0 Å². The van der Waals surface area contributed by atoms with Crippen LogP contribution in [0.1, 0.15) is 35.7 Å². The molecule has 114 valence electrons. The molecule has 0 aliphatic rings. The summed E-state index contributed by atoms with van der Waals surface area (Å²) in [5, 5.41) is 6.65. The van der Waals surface area contributed by atoms with Crippen LogP contribution < -0.4 is 10.1 Å². The van der Waals surface area contributed by atoms with Crippen LogP contribution in [0, 0.1) is 13.8 Å². The van der Waals surface area contributed by atoms with E-state index in [1.165, 1.54) is 11.1 Å². The third-order valence-corrected chi connectivity index (χ3v) is 4.15. The summed E-state index contributed by atoms with van der Waals surface area (Å²) in [7, 11) is 0. The van der Waals surface area contributed by atoms with Crippen LogP contribution in [0.4, 0.5) is 0 Å². The lowest BCUT2D eigenvalue weighted by atomic mass is 10.1. The van der Waals surface area contributed by atoms with Crippen LogP contribution in [-0.4, -0.2) is 17.6 Å². The molecule has 0 fully saturated rings. The Bertz CT molecular complexity index is 578. The minimum absolute atomic E-state index is 0.489. The SMILES string of the molecule is Cc1ccc(OCCc2nc(CNC(C)C)cs2)c(C)c1. The lowest BCUT2D eigenvalue weighted by Gasteiger charge is -2.08. The number of hydrogen-bond acceptors (Lipinski definition) is 4. The first-order valence-corrected chi connectivity index (χ1v) is 8.29. The van der Waals surface area contributed by atoms with Gasteiger partial charge in [-0.3, -0.25) is 0 Å². The molecule has 0 spiro atoms. The second-order valence-corrected chi connectivity index (χ2v) is 6.58. The fourth-order valence-electron chi connectivity index (χ4n) is 2.06. The first-order valence-electron chi connectivity index (χ1n) is 7.41. The zero-order valence-corrected chi connectivity index (χ0v) is 14.1. The molecule has 0 saturated carbocycles. The second kappa shape index (κ2) is 7.57. The highest BCUT2D eigenvalue weighted by Gasteiger charge is 2.04. The molecule has 0 aliphatic carbocycles. The van der Waals surface area contributed by atoms with Gasteiger partial charge in [0.15, 0.2) is 0 Å². The minimum atomic E-state index is 0.489. The van der Waals surface area contributed by atoms with Crippen LogP contribution in [0.25, 0.3) is 0 Å². The van der Waals surface area contributed by atoms with Gasteiger partial charge in [-0.1, -0.05) is 31.5 Å². The van der Waals surface area contributed by atoms with E-state index in [1.807, 2.05) is 6.07 Å². The molecular weight excluding hydrogens is 280 g/mol. The van der Waals surface area contributed by atoms with Crippen molar-refractivity contribution < 1.29 is 4.74 Å². The Balaban J connectivity index is 1.80. The van der Waals surface area contributed by atoms with Gasteiger partial charge in [-0.15, -0.1) is 11.3 Å². The highest BCUT2D eigenvalue weighted by molar-refractivity contribution is 7.09. The number of aromatic nitrogens is 1. The first-order chi connectivity index (χ1) is 10.0. The van der Waals surface area contributed by atoms with Crippen LogP contribution in [0.15, 0.2) is 23.6 Å². The molecule has 1 aromatic heterocycles.